The largest absolute Gasteiger partial charge is 0.486 e. The van der Waals surface area contributed by atoms with Crippen molar-refractivity contribution < 1.29 is 4.74 Å². The molecule has 0 unspecified atom stereocenters. The van der Waals surface area contributed by atoms with E-state index in [0.29, 0.717) is 11.6 Å². The molecule has 0 fully saturated rings. The SMILES string of the molecule is Cc1cc(N)nc(COc2cc(C)c(Cl)c(C)c2)n1. The Hall–Kier alpha value is -1.81. The second kappa shape index (κ2) is 5.45. The van der Waals surface area contributed by atoms with Gasteiger partial charge in [0.05, 0.1) is 0 Å². The Morgan fingerprint density at radius 2 is 1.74 bits per heavy atom. The number of nitrogens with two attached hydrogens (primary N) is 1. The van der Waals surface area contributed by atoms with Crippen LogP contribution in [0.15, 0.2) is 18.2 Å². The van der Waals surface area contributed by atoms with E-state index in [0.717, 1.165) is 27.6 Å². The first-order valence-corrected chi connectivity index (χ1v) is 6.33. The minimum absolute atomic E-state index is 0.284. The Bertz CT molecular complexity index is 570. The average Bonchev–Trinajstić information content (AvgIpc) is 2.32. The Labute approximate surface area is 117 Å². The second-order valence-electron chi connectivity index (χ2n) is 4.51. The molecule has 2 aromatic rings. The molecule has 2 rings (SSSR count). The van der Waals surface area contributed by atoms with Gasteiger partial charge in [-0.25, -0.2) is 9.97 Å². The third kappa shape index (κ3) is 3.35. The predicted octanol–water partition coefficient (Wildman–Crippen LogP) is 3.22. The van der Waals surface area contributed by atoms with Gasteiger partial charge in [0.2, 0.25) is 0 Å². The lowest BCUT2D eigenvalue weighted by Gasteiger charge is -2.10. The van der Waals surface area contributed by atoms with Gasteiger partial charge in [0.1, 0.15) is 18.2 Å². The molecule has 5 heteroatoms. The Balaban J connectivity index is 2.14. The summed E-state index contributed by atoms with van der Waals surface area (Å²) in [4.78, 5) is 8.40. The number of rotatable bonds is 3. The van der Waals surface area contributed by atoms with Gasteiger partial charge >= 0.3 is 0 Å². The lowest BCUT2D eigenvalue weighted by molar-refractivity contribution is 0.295. The number of hydrogen-bond donors (Lipinski definition) is 1. The van der Waals surface area contributed by atoms with E-state index in [9.17, 15) is 0 Å². The van der Waals surface area contributed by atoms with E-state index in [-0.39, 0.29) is 6.61 Å². The maximum Gasteiger partial charge on any atom is 0.168 e. The zero-order valence-electron chi connectivity index (χ0n) is 11.2. The van der Waals surface area contributed by atoms with Crippen LogP contribution in [0, 0.1) is 20.8 Å². The van der Waals surface area contributed by atoms with Gasteiger partial charge in [-0.2, -0.15) is 0 Å². The highest BCUT2D eigenvalue weighted by atomic mass is 35.5. The van der Waals surface area contributed by atoms with E-state index in [2.05, 4.69) is 9.97 Å². The van der Waals surface area contributed by atoms with Crippen LogP contribution in [-0.2, 0) is 6.61 Å². The number of benzene rings is 1. The minimum atomic E-state index is 0.284. The average molecular weight is 278 g/mol. The van der Waals surface area contributed by atoms with Gasteiger partial charge in [0, 0.05) is 16.8 Å². The van der Waals surface area contributed by atoms with Crippen LogP contribution in [0.4, 0.5) is 5.82 Å². The maximum absolute atomic E-state index is 6.11. The van der Waals surface area contributed by atoms with Crippen LogP contribution < -0.4 is 10.5 Å². The van der Waals surface area contributed by atoms with Crippen molar-refractivity contribution in [1.82, 2.24) is 9.97 Å². The van der Waals surface area contributed by atoms with E-state index in [4.69, 9.17) is 22.1 Å². The van der Waals surface area contributed by atoms with Crippen LogP contribution in [-0.4, -0.2) is 9.97 Å². The molecule has 100 valence electrons. The number of ether oxygens (including phenoxy) is 1. The molecule has 1 aromatic carbocycles. The first kappa shape index (κ1) is 13.6. The molecule has 19 heavy (non-hydrogen) atoms. The number of halogens is 1. The van der Waals surface area contributed by atoms with Crippen molar-refractivity contribution in [2.75, 3.05) is 5.73 Å². The van der Waals surface area contributed by atoms with E-state index in [1.54, 1.807) is 6.07 Å². The van der Waals surface area contributed by atoms with E-state index in [1.165, 1.54) is 0 Å². The van der Waals surface area contributed by atoms with Gasteiger partial charge in [-0.1, -0.05) is 11.6 Å². The fraction of sp³-hybridized carbons (Fsp3) is 0.286. The molecule has 0 amide bonds. The standard InChI is InChI=1S/C14H16ClN3O/c1-8-4-11(5-9(2)14(8)15)19-7-13-17-10(3)6-12(16)18-13/h4-6H,7H2,1-3H3,(H2,16,17,18). The molecule has 0 spiro atoms. The smallest absolute Gasteiger partial charge is 0.168 e. The summed E-state index contributed by atoms with van der Waals surface area (Å²) >= 11 is 6.11. The van der Waals surface area contributed by atoms with E-state index >= 15 is 0 Å². The zero-order chi connectivity index (χ0) is 14.0. The van der Waals surface area contributed by atoms with Crippen molar-refractivity contribution in [2.45, 2.75) is 27.4 Å². The summed E-state index contributed by atoms with van der Waals surface area (Å²) in [6.45, 7) is 6.05. The Morgan fingerprint density at radius 1 is 1.11 bits per heavy atom. The quantitative estimate of drug-likeness (QED) is 0.936. The van der Waals surface area contributed by atoms with Crippen molar-refractivity contribution in [3.05, 3.63) is 45.9 Å². The molecule has 0 aliphatic heterocycles. The zero-order valence-corrected chi connectivity index (χ0v) is 12.0. The van der Waals surface area contributed by atoms with Gasteiger partial charge < -0.3 is 10.5 Å². The number of nitrogens with zero attached hydrogens (tertiary/aromatic N) is 2. The molecule has 1 heterocycles. The lowest BCUT2D eigenvalue weighted by Crippen LogP contribution is -2.05. The molecule has 0 aliphatic carbocycles. The molecule has 1 aromatic heterocycles. The number of anilines is 1. The number of nitrogen functional groups attached to an aromatic ring is 1. The summed E-state index contributed by atoms with van der Waals surface area (Å²) in [6, 6.07) is 5.52. The Morgan fingerprint density at radius 3 is 2.32 bits per heavy atom. The summed E-state index contributed by atoms with van der Waals surface area (Å²) in [5, 5.41) is 0.767. The first-order chi connectivity index (χ1) is 8.95. The van der Waals surface area contributed by atoms with Gasteiger partial charge in [0.25, 0.3) is 0 Å². The van der Waals surface area contributed by atoms with Crippen molar-refractivity contribution in [2.24, 2.45) is 0 Å². The third-order valence-corrected chi connectivity index (χ3v) is 3.29. The van der Waals surface area contributed by atoms with Crippen molar-refractivity contribution in [3.63, 3.8) is 0 Å². The lowest BCUT2D eigenvalue weighted by atomic mass is 10.1. The minimum Gasteiger partial charge on any atom is -0.486 e. The summed E-state index contributed by atoms with van der Waals surface area (Å²) in [5.41, 5.74) is 8.48. The fourth-order valence-electron chi connectivity index (χ4n) is 1.86. The Kier molecular flexibility index (Phi) is 3.90. The molecule has 0 saturated heterocycles. The van der Waals surface area contributed by atoms with Crippen molar-refractivity contribution >= 4 is 17.4 Å². The highest BCUT2D eigenvalue weighted by molar-refractivity contribution is 6.32. The second-order valence-corrected chi connectivity index (χ2v) is 4.89. The van der Waals surface area contributed by atoms with Gasteiger partial charge in [-0.05, 0) is 44.0 Å². The molecule has 2 N–H and O–H groups in total. The van der Waals surface area contributed by atoms with Crippen molar-refractivity contribution in [3.8, 4) is 5.75 Å². The summed E-state index contributed by atoms with van der Waals surface area (Å²) < 4.78 is 5.68. The molecule has 0 saturated carbocycles. The molecule has 0 radical (unpaired) electrons. The summed E-state index contributed by atoms with van der Waals surface area (Å²) in [7, 11) is 0. The van der Waals surface area contributed by atoms with Gasteiger partial charge in [-0.3, -0.25) is 0 Å². The van der Waals surface area contributed by atoms with Gasteiger partial charge in [-0.15, -0.1) is 0 Å². The van der Waals surface area contributed by atoms with Crippen LogP contribution in [0.1, 0.15) is 22.6 Å². The van der Waals surface area contributed by atoms with Crippen LogP contribution in [0.3, 0.4) is 0 Å². The normalized spacial score (nSPS) is 10.5. The molecular weight excluding hydrogens is 262 g/mol. The molecule has 4 nitrogen and oxygen atoms in total. The molecule has 0 atom stereocenters. The highest BCUT2D eigenvalue weighted by Crippen LogP contribution is 2.26. The first-order valence-electron chi connectivity index (χ1n) is 5.95. The van der Waals surface area contributed by atoms with E-state index in [1.807, 2.05) is 32.9 Å². The van der Waals surface area contributed by atoms with Crippen LogP contribution in [0.2, 0.25) is 5.02 Å². The fourth-order valence-corrected chi connectivity index (χ4v) is 1.97. The van der Waals surface area contributed by atoms with Crippen molar-refractivity contribution in [1.29, 1.82) is 0 Å². The molecular formula is C14H16ClN3O. The van der Waals surface area contributed by atoms with Gasteiger partial charge in [0.15, 0.2) is 5.82 Å². The topological polar surface area (TPSA) is 61.0 Å². The van der Waals surface area contributed by atoms with Crippen LogP contribution in [0.25, 0.3) is 0 Å². The number of aromatic nitrogens is 2. The number of hydrogen-bond acceptors (Lipinski definition) is 4. The summed E-state index contributed by atoms with van der Waals surface area (Å²) in [6.07, 6.45) is 0. The maximum atomic E-state index is 6.11. The molecule has 0 aliphatic rings. The summed E-state index contributed by atoms with van der Waals surface area (Å²) in [5.74, 6) is 1.78. The molecule has 0 bridgehead atoms. The predicted molar refractivity (Wildman–Crippen MR) is 76.4 cm³/mol. The monoisotopic (exact) mass is 277 g/mol. The third-order valence-electron chi connectivity index (χ3n) is 2.70. The van der Waals surface area contributed by atoms with Crippen LogP contribution >= 0.6 is 11.6 Å². The van der Waals surface area contributed by atoms with Crippen LogP contribution in [0.5, 0.6) is 5.75 Å². The highest BCUT2D eigenvalue weighted by Gasteiger charge is 2.05. The number of aryl methyl sites for hydroxylation is 3. The van der Waals surface area contributed by atoms with E-state index < -0.39 is 0 Å².